The topological polar surface area (TPSA) is 75.7 Å². The fourth-order valence-electron chi connectivity index (χ4n) is 2.35. The number of nitrogens with one attached hydrogen (secondary N) is 1. The third-order valence-corrected chi connectivity index (χ3v) is 5.00. The van der Waals surface area contributed by atoms with Gasteiger partial charge in [-0.15, -0.1) is 0 Å². The number of amides is 1. The van der Waals surface area contributed by atoms with Crippen molar-refractivity contribution in [3.05, 3.63) is 72.8 Å². The Morgan fingerprint density at radius 3 is 2.35 bits per heavy atom. The van der Waals surface area contributed by atoms with Gasteiger partial charge in [-0.3, -0.25) is 4.79 Å². The first-order valence-corrected chi connectivity index (χ1v) is 9.80. The van der Waals surface area contributed by atoms with Crippen molar-refractivity contribution < 1.29 is 17.9 Å². The zero-order valence-corrected chi connectivity index (χ0v) is 15.6. The monoisotopic (exact) mass is 374 g/mol. The minimum absolute atomic E-state index is 0.390. The first kappa shape index (κ1) is 19.7. The lowest BCUT2D eigenvalue weighted by atomic mass is 10.1. The van der Waals surface area contributed by atoms with E-state index in [4.69, 9.17) is 4.74 Å². The van der Waals surface area contributed by atoms with Gasteiger partial charge in [-0.25, -0.2) is 8.42 Å². The summed E-state index contributed by atoms with van der Waals surface area (Å²) in [5.41, 5.74) is 1.13. The molecule has 0 aromatic heterocycles. The maximum Gasteiger partial charge on any atom is 0.247 e. The molecule has 0 saturated carbocycles. The average molecular weight is 374 g/mol. The molecule has 0 aliphatic carbocycles. The van der Waals surface area contributed by atoms with Crippen LogP contribution in [0, 0.1) is 0 Å². The molecule has 0 bridgehead atoms. The van der Waals surface area contributed by atoms with E-state index in [0.29, 0.717) is 23.6 Å². The van der Waals surface area contributed by atoms with Crippen LogP contribution in [0.15, 0.2) is 67.3 Å². The maximum atomic E-state index is 12.8. The fraction of sp³-hybridized carbons (Fsp3) is 0.211. The summed E-state index contributed by atoms with van der Waals surface area (Å²) >= 11 is 0. The molecule has 2 aromatic carbocycles. The van der Waals surface area contributed by atoms with E-state index in [1.165, 1.54) is 7.05 Å². The van der Waals surface area contributed by atoms with E-state index in [1.54, 1.807) is 60.7 Å². The second kappa shape index (κ2) is 8.64. The van der Waals surface area contributed by atoms with E-state index in [9.17, 15) is 13.2 Å². The van der Waals surface area contributed by atoms with Gasteiger partial charge in [-0.2, -0.15) is 4.31 Å². The van der Waals surface area contributed by atoms with Gasteiger partial charge in [0.05, 0.1) is 6.26 Å². The molecule has 6 nitrogen and oxygen atoms in total. The highest BCUT2D eigenvalue weighted by Gasteiger charge is 2.30. The number of rotatable bonds is 8. The summed E-state index contributed by atoms with van der Waals surface area (Å²) in [7, 11) is -2.17. The van der Waals surface area contributed by atoms with Crippen molar-refractivity contribution >= 4 is 21.6 Å². The van der Waals surface area contributed by atoms with Gasteiger partial charge in [0.1, 0.15) is 18.4 Å². The predicted molar refractivity (Wildman–Crippen MR) is 103 cm³/mol. The third kappa shape index (κ3) is 5.18. The molecule has 1 atom stereocenters. The summed E-state index contributed by atoms with van der Waals surface area (Å²) in [4.78, 5) is 12.8. The molecule has 2 rings (SSSR count). The number of carbonyl (C=O) groups excluding carboxylic acids is 1. The lowest BCUT2D eigenvalue weighted by Gasteiger charge is -2.25. The molecule has 7 heteroatoms. The van der Waals surface area contributed by atoms with Gasteiger partial charge >= 0.3 is 0 Å². The maximum absolute atomic E-state index is 12.8. The van der Waals surface area contributed by atoms with E-state index >= 15 is 0 Å². The van der Waals surface area contributed by atoms with Crippen LogP contribution in [-0.2, 0) is 14.8 Å². The SMILES string of the molecule is C=CCOc1ccc(NC(=O)[C@H](c2ccccc2)N(C)S(C)(=O)=O)cc1. The summed E-state index contributed by atoms with van der Waals surface area (Å²) in [5, 5.41) is 2.76. The van der Waals surface area contributed by atoms with E-state index in [0.717, 1.165) is 10.6 Å². The second-order valence-corrected chi connectivity index (χ2v) is 7.75. The summed E-state index contributed by atoms with van der Waals surface area (Å²) in [6.07, 6.45) is 2.71. The Bertz CT molecular complexity index is 849. The molecular formula is C19H22N2O4S. The highest BCUT2D eigenvalue weighted by atomic mass is 32.2. The summed E-state index contributed by atoms with van der Waals surface area (Å²) in [6.45, 7) is 3.97. The van der Waals surface area contributed by atoms with Crippen LogP contribution in [0.5, 0.6) is 5.75 Å². The lowest BCUT2D eigenvalue weighted by molar-refractivity contribution is -0.119. The Hall–Kier alpha value is -2.64. The number of hydrogen-bond donors (Lipinski definition) is 1. The van der Waals surface area contributed by atoms with Crippen LogP contribution in [0.4, 0.5) is 5.69 Å². The molecule has 2 aromatic rings. The predicted octanol–water partition coefficient (Wildman–Crippen LogP) is 2.82. The quantitative estimate of drug-likeness (QED) is 0.721. The molecule has 0 saturated heterocycles. The minimum atomic E-state index is -3.56. The van der Waals surface area contributed by atoms with Gasteiger partial charge in [0.2, 0.25) is 15.9 Å². The molecule has 26 heavy (non-hydrogen) atoms. The number of likely N-dealkylation sites (N-methyl/N-ethyl adjacent to an activating group) is 1. The molecule has 0 aliphatic rings. The van der Waals surface area contributed by atoms with Crippen molar-refractivity contribution in [3.8, 4) is 5.75 Å². The number of hydrogen-bond acceptors (Lipinski definition) is 4. The number of nitrogens with zero attached hydrogens (tertiary/aromatic N) is 1. The zero-order chi connectivity index (χ0) is 19.2. The standard InChI is InChI=1S/C19H22N2O4S/c1-4-14-25-17-12-10-16(11-13-17)20-19(22)18(21(2)26(3,23)24)15-8-6-5-7-9-15/h4-13,18H,1,14H2,2-3H3,(H,20,22)/t18-/m0/s1. The number of carbonyl (C=O) groups is 1. The summed E-state index contributed by atoms with van der Waals surface area (Å²) < 4.78 is 30.4. The zero-order valence-electron chi connectivity index (χ0n) is 14.8. The lowest BCUT2D eigenvalue weighted by Crippen LogP contribution is -2.38. The number of anilines is 1. The van der Waals surface area contributed by atoms with Gasteiger partial charge in [0.25, 0.3) is 0 Å². The summed E-state index contributed by atoms with van der Waals surface area (Å²) in [6, 6.07) is 14.6. The number of benzene rings is 2. The highest BCUT2D eigenvalue weighted by molar-refractivity contribution is 7.88. The van der Waals surface area contributed by atoms with E-state index in [2.05, 4.69) is 11.9 Å². The first-order valence-electron chi connectivity index (χ1n) is 7.95. The van der Waals surface area contributed by atoms with Gasteiger partial charge in [-0.05, 0) is 29.8 Å². The van der Waals surface area contributed by atoms with Crippen molar-refractivity contribution in [2.24, 2.45) is 0 Å². The Kier molecular flexibility index (Phi) is 6.54. The molecule has 0 heterocycles. The number of ether oxygens (including phenoxy) is 1. The van der Waals surface area contributed by atoms with E-state index < -0.39 is 22.0 Å². The molecular weight excluding hydrogens is 352 g/mol. The van der Waals surface area contributed by atoms with Crippen LogP contribution in [-0.4, -0.2) is 38.5 Å². The van der Waals surface area contributed by atoms with Crippen molar-refractivity contribution in [1.82, 2.24) is 4.31 Å². The Balaban J connectivity index is 2.23. The average Bonchev–Trinajstić information content (AvgIpc) is 2.61. The molecule has 0 unspecified atom stereocenters. The van der Waals surface area contributed by atoms with E-state index in [1.807, 2.05) is 0 Å². The smallest absolute Gasteiger partial charge is 0.247 e. The van der Waals surface area contributed by atoms with Crippen molar-refractivity contribution in [1.29, 1.82) is 0 Å². The minimum Gasteiger partial charge on any atom is -0.490 e. The summed E-state index contributed by atoms with van der Waals surface area (Å²) in [5.74, 6) is 0.208. The molecule has 1 N–H and O–H groups in total. The van der Waals surface area contributed by atoms with E-state index in [-0.39, 0.29) is 0 Å². The molecule has 138 valence electrons. The molecule has 0 spiro atoms. The van der Waals surface area contributed by atoms with Gasteiger partial charge in [-0.1, -0.05) is 43.0 Å². The van der Waals surface area contributed by atoms with Crippen molar-refractivity contribution in [2.45, 2.75) is 6.04 Å². The Morgan fingerprint density at radius 1 is 1.19 bits per heavy atom. The molecule has 0 fully saturated rings. The van der Waals surface area contributed by atoms with Crippen molar-refractivity contribution in [2.75, 3.05) is 25.2 Å². The van der Waals surface area contributed by atoms with Gasteiger partial charge < -0.3 is 10.1 Å². The Morgan fingerprint density at radius 2 is 1.81 bits per heavy atom. The second-order valence-electron chi connectivity index (χ2n) is 5.71. The van der Waals surface area contributed by atoms with Crippen LogP contribution in [0.3, 0.4) is 0 Å². The number of sulfonamides is 1. The van der Waals surface area contributed by atoms with Crippen LogP contribution in [0.1, 0.15) is 11.6 Å². The normalized spacial score (nSPS) is 12.4. The van der Waals surface area contributed by atoms with Crippen LogP contribution in [0.25, 0.3) is 0 Å². The molecule has 1 amide bonds. The van der Waals surface area contributed by atoms with Gasteiger partial charge in [0, 0.05) is 12.7 Å². The van der Waals surface area contributed by atoms with Crippen molar-refractivity contribution in [3.63, 3.8) is 0 Å². The molecule has 0 radical (unpaired) electrons. The largest absolute Gasteiger partial charge is 0.490 e. The fourth-order valence-corrected chi connectivity index (χ4v) is 2.95. The highest BCUT2D eigenvalue weighted by Crippen LogP contribution is 2.24. The molecule has 0 aliphatic heterocycles. The van der Waals surface area contributed by atoms with Crippen LogP contribution >= 0.6 is 0 Å². The van der Waals surface area contributed by atoms with Gasteiger partial charge in [0.15, 0.2) is 0 Å². The third-order valence-electron chi connectivity index (χ3n) is 3.74. The first-order chi connectivity index (χ1) is 12.3. The van der Waals surface area contributed by atoms with Crippen LogP contribution < -0.4 is 10.1 Å². The van der Waals surface area contributed by atoms with Crippen LogP contribution in [0.2, 0.25) is 0 Å². The Labute approximate surface area is 154 Å².